The van der Waals surface area contributed by atoms with Crippen molar-refractivity contribution in [2.75, 3.05) is 0 Å². The predicted molar refractivity (Wildman–Crippen MR) is 69.5 cm³/mol. The van der Waals surface area contributed by atoms with Gasteiger partial charge in [0.2, 0.25) is 0 Å². The highest BCUT2D eigenvalue weighted by atomic mass is 79.9. The maximum Gasteiger partial charge on any atom is 0.165 e. The summed E-state index contributed by atoms with van der Waals surface area (Å²) in [7, 11) is 0. The molecule has 0 aliphatic carbocycles. The van der Waals surface area contributed by atoms with Crippen LogP contribution in [-0.4, -0.2) is 20.8 Å². The number of hydrogen-bond donors (Lipinski definition) is 1. The lowest BCUT2D eigenvalue weighted by molar-refractivity contribution is 0.466. The summed E-state index contributed by atoms with van der Waals surface area (Å²) < 4.78 is 3.22. The molecule has 3 rings (SSSR count). The number of hydrogen-bond acceptors (Lipinski definition) is 3. The van der Waals surface area contributed by atoms with Crippen molar-refractivity contribution < 1.29 is 0 Å². The van der Waals surface area contributed by atoms with Crippen molar-refractivity contribution in [3.63, 3.8) is 0 Å². The third-order valence-electron chi connectivity index (χ3n) is 3.11. The van der Waals surface area contributed by atoms with Gasteiger partial charge in [-0.2, -0.15) is 0 Å². The number of aromatic nitrogens is 3. The first kappa shape index (κ1) is 10.9. The summed E-state index contributed by atoms with van der Waals surface area (Å²) in [4.78, 5) is 0. The van der Waals surface area contributed by atoms with Crippen molar-refractivity contribution in [3.8, 4) is 11.4 Å². The monoisotopic (exact) mass is 292 g/mol. The first-order valence-electron chi connectivity index (χ1n) is 5.68. The van der Waals surface area contributed by atoms with Crippen molar-refractivity contribution in [1.29, 1.82) is 0 Å². The standard InChI is InChI=1S/C12H13BrN4/c13-10-4-2-1-3-9(10)12-16-15-11-7-8(14)5-6-17(11)12/h1-4,8H,5-7,14H2. The Bertz CT molecular complexity index is 549. The lowest BCUT2D eigenvalue weighted by Gasteiger charge is -2.20. The Hall–Kier alpha value is -1.20. The van der Waals surface area contributed by atoms with E-state index in [1.54, 1.807) is 0 Å². The van der Waals surface area contributed by atoms with E-state index in [9.17, 15) is 0 Å². The molecule has 1 unspecified atom stereocenters. The van der Waals surface area contributed by atoms with Crippen molar-refractivity contribution in [2.45, 2.75) is 25.4 Å². The van der Waals surface area contributed by atoms with Crippen LogP contribution in [0.5, 0.6) is 0 Å². The lowest BCUT2D eigenvalue weighted by Crippen LogP contribution is -2.31. The average Bonchev–Trinajstić information content (AvgIpc) is 2.72. The molecular formula is C12H13BrN4. The molecule has 17 heavy (non-hydrogen) atoms. The number of benzene rings is 1. The third kappa shape index (κ3) is 1.89. The maximum absolute atomic E-state index is 5.94. The summed E-state index contributed by atoms with van der Waals surface area (Å²) in [5.41, 5.74) is 7.02. The number of halogens is 1. The largest absolute Gasteiger partial charge is 0.327 e. The van der Waals surface area contributed by atoms with Gasteiger partial charge in [0.1, 0.15) is 5.82 Å². The molecule has 5 heteroatoms. The predicted octanol–water partition coefficient (Wildman–Crippen LogP) is 1.98. The Kier molecular flexibility index (Phi) is 2.72. The molecule has 2 N–H and O–H groups in total. The Balaban J connectivity index is 2.09. The number of fused-ring (bicyclic) bond motifs is 1. The molecule has 1 atom stereocenters. The molecule has 2 aromatic rings. The summed E-state index contributed by atoms with van der Waals surface area (Å²) in [5, 5.41) is 8.53. The van der Waals surface area contributed by atoms with Crippen molar-refractivity contribution in [3.05, 3.63) is 34.6 Å². The van der Waals surface area contributed by atoms with Crippen LogP contribution in [0.1, 0.15) is 12.2 Å². The van der Waals surface area contributed by atoms with Gasteiger partial charge in [-0.25, -0.2) is 0 Å². The van der Waals surface area contributed by atoms with Gasteiger partial charge in [-0.05, 0) is 12.5 Å². The first-order chi connectivity index (χ1) is 8.25. The molecule has 4 nitrogen and oxygen atoms in total. The van der Waals surface area contributed by atoms with E-state index < -0.39 is 0 Å². The minimum absolute atomic E-state index is 0.221. The summed E-state index contributed by atoms with van der Waals surface area (Å²) in [6, 6.07) is 8.30. The fraction of sp³-hybridized carbons (Fsp3) is 0.333. The van der Waals surface area contributed by atoms with Crippen LogP contribution in [0.3, 0.4) is 0 Å². The number of rotatable bonds is 1. The van der Waals surface area contributed by atoms with E-state index >= 15 is 0 Å². The first-order valence-corrected chi connectivity index (χ1v) is 6.47. The summed E-state index contributed by atoms with van der Waals surface area (Å²) in [6.07, 6.45) is 1.81. The maximum atomic E-state index is 5.94. The van der Waals surface area contributed by atoms with E-state index in [1.165, 1.54) is 0 Å². The highest BCUT2D eigenvalue weighted by molar-refractivity contribution is 9.10. The topological polar surface area (TPSA) is 56.7 Å². The fourth-order valence-electron chi connectivity index (χ4n) is 2.19. The summed E-state index contributed by atoms with van der Waals surface area (Å²) >= 11 is 3.55. The van der Waals surface area contributed by atoms with E-state index in [0.29, 0.717) is 0 Å². The highest BCUT2D eigenvalue weighted by Gasteiger charge is 2.21. The molecule has 0 saturated heterocycles. The molecule has 0 amide bonds. The minimum Gasteiger partial charge on any atom is -0.327 e. The third-order valence-corrected chi connectivity index (χ3v) is 3.80. The number of nitrogens with two attached hydrogens (primary N) is 1. The van der Waals surface area contributed by atoms with Crippen molar-refractivity contribution in [1.82, 2.24) is 14.8 Å². The van der Waals surface area contributed by atoms with Gasteiger partial charge in [-0.15, -0.1) is 10.2 Å². The molecule has 0 fully saturated rings. The zero-order chi connectivity index (χ0) is 11.8. The molecule has 0 bridgehead atoms. The second-order valence-corrected chi connectivity index (χ2v) is 5.18. The molecule has 1 aliphatic rings. The molecule has 0 saturated carbocycles. The Morgan fingerprint density at radius 1 is 1.29 bits per heavy atom. The smallest absolute Gasteiger partial charge is 0.165 e. The molecule has 1 aliphatic heterocycles. The molecule has 1 aromatic heterocycles. The van der Waals surface area contributed by atoms with Gasteiger partial charge < -0.3 is 10.3 Å². The molecule has 88 valence electrons. The van der Waals surface area contributed by atoms with Crippen LogP contribution in [0.2, 0.25) is 0 Å². The minimum atomic E-state index is 0.221. The van der Waals surface area contributed by atoms with Gasteiger partial charge in [0.15, 0.2) is 5.82 Å². The van der Waals surface area contributed by atoms with E-state index in [4.69, 9.17) is 5.73 Å². The normalized spacial score (nSPS) is 19.1. The van der Waals surface area contributed by atoms with E-state index in [1.807, 2.05) is 18.2 Å². The van der Waals surface area contributed by atoms with Gasteiger partial charge in [0.05, 0.1) is 0 Å². The Labute approximate surface area is 108 Å². The fourth-order valence-corrected chi connectivity index (χ4v) is 2.66. The zero-order valence-electron chi connectivity index (χ0n) is 9.31. The van der Waals surface area contributed by atoms with Crippen LogP contribution < -0.4 is 5.73 Å². The van der Waals surface area contributed by atoms with Crippen LogP contribution in [0, 0.1) is 0 Å². The van der Waals surface area contributed by atoms with Gasteiger partial charge in [-0.1, -0.05) is 34.1 Å². The summed E-state index contributed by atoms with van der Waals surface area (Å²) in [5.74, 6) is 1.92. The van der Waals surface area contributed by atoms with Crippen LogP contribution >= 0.6 is 15.9 Å². The van der Waals surface area contributed by atoms with Gasteiger partial charge >= 0.3 is 0 Å². The Morgan fingerprint density at radius 2 is 2.12 bits per heavy atom. The van der Waals surface area contributed by atoms with E-state index in [2.05, 4.69) is 36.8 Å². The van der Waals surface area contributed by atoms with Gasteiger partial charge in [0.25, 0.3) is 0 Å². The quantitative estimate of drug-likeness (QED) is 0.874. The van der Waals surface area contributed by atoms with Gasteiger partial charge in [0, 0.05) is 29.0 Å². The van der Waals surface area contributed by atoms with Crippen LogP contribution in [-0.2, 0) is 13.0 Å². The average molecular weight is 293 g/mol. The van der Waals surface area contributed by atoms with Crippen molar-refractivity contribution in [2.24, 2.45) is 5.73 Å². The molecule has 1 aromatic carbocycles. The Morgan fingerprint density at radius 3 is 2.94 bits per heavy atom. The van der Waals surface area contributed by atoms with Crippen LogP contribution in [0.4, 0.5) is 0 Å². The molecule has 2 heterocycles. The molecular weight excluding hydrogens is 280 g/mol. The summed E-state index contributed by atoms with van der Waals surface area (Å²) in [6.45, 7) is 0.903. The van der Waals surface area contributed by atoms with Crippen molar-refractivity contribution >= 4 is 15.9 Å². The second kappa shape index (κ2) is 4.23. The lowest BCUT2D eigenvalue weighted by atomic mass is 10.1. The number of nitrogens with zero attached hydrogens (tertiary/aromatic N) is 3. The molecule has 0 spiro atoms. The zero-order valence-corrected chi connectivity index (χ0v) is 10.9. The van der Waals surface area contributed by atoms with Crippen LogP contribution in [0.15, 0.2) is 28.7 Å². The van der Waals surface area contributed by atoms with E-state index in [0.717, 1.165) is 41.1 Å². The van der Waals surface area contributed by atoms with Crippen LogP contribution in [0.25, 0.3) is 11.4 Å². The molecule has 0 radical (unpaired) electrons. The van der Waals surface area contributed by atoms with Gasteiger partial charge in [-0.3, -0.25) is 0 Å². The van der Waals surface area contributed by atoms with E-state index in [-0.39, 0.29) is 6.04 Å². The highest BCUT2D eigenvalue weighted by Crippen LogP contribution is 2.28. The second-order valence-electron chi connectivity index (χ2n) is 4.32. The SMILES string of the molecule is NC1CCn2c(nnc2-c2ccccc2Br)C1.